The molecule has 148 valence electrons. The maximum absolute atomic E-state index is 12.5. The topological polar surface area (TPSA) is 82.3 Å². The van der Waals surface area contributed by atoms with Crippen LogP contribution in [0.5, 0.6) is 0 Å². The average molecular weight is 407 g/mol. The van der Waals surface area contributed by atoms with E-state index in [2.05, 4.69) is 47.6 Å². The minimum Gasteiger partial charge on any atom is -0.334 e. The average Bonchev–Trinajstić information content (AvgIpc) is 3.09. The summed E-state index contributed by atoms with van der Waals surface area (Å²) in [6.07, 6.45) is 3.69. The molecule has 4 rings (SSSR count). The van der Waals surface area contributed by atoms with E-state index in [0.29, 0.717) is 24.3 Å². The van der Waals surface area contributed by atoms with Crippen LogP contribution < -0.4 is 10.2 Å². The number of aromatic nitrogens is 1. The van der Waals surface area contributed by atoms with Crippen molar-refractivity contribution in [3.63, 3.8) is 0 Å². The molecule has 1 aliphatic rings. The third-order valence-electron chi connectivity index (χ3n) is 5.01. The molecule has 0 bridgehead atoms. The molecule has 0 spiro atoms. The second-order valence-electron chi connectivity index (χ2n) is 7.19. The fraction of sp³-hybridized carbons (Fsp3) is 0.227. The van der Waals surface area contributed by atoms with Crippen LogP contribution >= 0.6 is 11.3 Å². The normalized spacial score (nSPS) is 14.1. The number of thiazole rings is 1. The van der Waals surface area contributed by atoms with E-state index < -0.39 is 11.8 Å². The Labute approximate surface area is 171 Å². The maximum atomic E-state index is 12.5. The minimum atomic E-state index is -0.654. The molecule has 0 saturated carbocycles. The number of benzene rings is 2. The van der Waals surface area contributed by atoms with Gasteiger partial charge in [0.2, 0.25) is 0 Å². The number of carbonyl (C=O) groups is 2. The minimum absolute atomic E-state index is 0.151. The van der Waals surface area contributed by atoms with Crippen molar-refractivity contribution in [2.75, 3.05) is 18.4 Å². The lowest BCUT2D eigenvalue weighted by atomic mass is 10.0. The number of hydrogen-bond acceptors (Lipinski definition) is 4. The quantitative estimate of drug-likeness (QED) is 0.638. The van der Waals surface area contributed by atoms with Crippen LogP contribution in [-0.4, -0.2) is 34.8 Å². The molecule has 3 aromatic rings. The molecule has 2 amide bonds. The summed E-state index contributed by atoms with van der Waals surface area (Å²) in [5.41, 5.74) is 4.89. The molecule has 6 nitrogen and oxygen atoms in total. The van der Waals surface area contributed by atoms with Crippen molar-refractivity contribution >= 4 is 45.1 Å². The highest BCUT2D eigenvalue weighted by Gasteiger charge is 2.25. The first kappa shape index (κ1) is 19.1. The number of hydrogen-bond donors (Lipinski definition) is 2. The maximum Gasteiger partial charge on any atom is 0.313 e. The van der Waals surface area contributed by atoms with E-state index in [1.54, 1.807) is 23.1 Å². The second-order valence-corrected chi connectivity index (χ2v) is 8.20. The Balaban J connectivity index is 1.36. The molecule has 2 aromatic carbocycles. The van der Waals surface area contributed by atoms with Gasteiger partial charge in [0.05, 0.1) is 10.2 Å². The van der Waals surface area contributed by atoms with Gasteiger partial charge < -0.3 is 15.2 Å². The van der Waals surface area contributed by atoms with Crippen LogP contribution in [0.25, 0.3) is 16.3 Å². The molecule has 7 heteroatoms. The third-order valence-corrected chi connectivity index (χ3v) is 5.86. The summed E-state index contributed by atoms with van der Waals surface area (Å²) in [4.78, 5) is 40.4. The number of anilines is 1. The molecule has 1 aliphatic heterocycles. The van der Waals surface area contributed by atoms with Gasteiger partial charge in [-0.25, -0.2) is 0 Å². The van der Waals surface area contributed by atoms with Crippen LogP contribution in [0.1, 0.15) is 24.0 Å². The lowest BCUT2D eigenvalue weighted by molar-refractivity contribution is -0.143. The highest BCUT2D eigenvalue weighted by molar-refractivity contribution is 7.16. The molecule has 0 aliphatic carbocycles. The van der Waals surface area contributed by atoms with Gasteiger partial charge in [-0.2, -0.15) is 0 Å². The molecule has 1 fully saturated rings. The molecule has 1 aromatic heterocycles. The fourth-order valence-electron chi connectivity index (χ4n) is 3.39. The number of fused-ring (bicyclic) bond motifs is 1. The summed E-state index contributed by atoms with van der Waals surface area (Å²) < 4.78 is 0.740. The Morgan fingerprint density at radius 1 is 1.10 bits per heavy atom. The van der Waals surface area contributed by atoms with E-state index in [1.807, 2.05) is 0 Å². The first-order chi connectivity index (χ1) is 14.0. The van der Waals surface area contributed by atoms with Gasteiger partial charge in [0.15, 0.2) is 0 Å². The number of aromatic amines is 1. The standard InChI is InChI=1S/C22H21N3O3S/c1-14-2-4-15(5-3-14)12-16-8-10-25(11-9-16)21(27)20(26)23-17-6-7-18-19(13-17)29-22(28)24-18/h2-7,12-13H,8-11H2,1H3,(H,23,26)(H,24,28). The second kappa shape index (κ2) is 8.05. The van der Waals surface area contributed by atoms with Gasteiger partial charge >= 0.3 is 16.7 Å². The number of amides is 2. The Bertz CT molecular complexity index is 1150. The van der Waals surface area contributed by atoms with Crippen molar-refractivity contribution in [2.45, 2.75) is 19.8 Å². The smallest absolute Gasteiger partial charge is 0.313 e. The Morgan fingerprint density at radius 3 is 2.55 bits per heavy atom. The number of nitrogens with zero attached hydrogens (tertiary/aromatic N) is 1. The zero-order chi connectivity index (χ0) is 20.4. The summed E-state index contributed by atoms with van der Waals surface area (Å²) in [6.45, 7) is 3.12. The molecule has 2 heterocycles. The zero-order valence-corrected chi connectivity index (χ0v) is 16.8. The van der Waals surface area contributed by atoms with Crippen LogP contribution in [0, 0.1) is 6.92 Å². The van der Waals surface area contributed by atoms with Crippen molar-refractivity contribution in [3.8, 4) is 0 Å². The third kappa shape index (κ3) is 4.46. The van der Waals surface area contributed by atoms with E-state index in [4.69, 9.17) is 0 Å². The molecule has 0 radical (unpaired) electrons. The van der Waals surface area contributed by atoms with Gasteiger partial charge in [0, 0.05) is 18.8 Å². The zero-order valence-electron chi connectivity index (χ0n) is 16.0. The fourth-order valence-corrected chi connectivity index (χ4v) is 4.17. The lowest BCUT2D eigenvalue weighted by Gasteiger charge is -2.28. The van der Waals surface area contributed by atoms with Crippen LogP contribution in [0.3, 0.4) is 0 Å². The predicted molar refractivity (Wildman–Crippen MR) is 116 cm³/mol. The summed E-state index contributed by atoms with van der Waals surface area (Å²) >= 11 is 1.07. The molecule has 0 atom stereocenters. The number of carbonyl (C=O) groups excluding carboxylic acids is 2. The van der Waals surface area contributed by atoms with Gasteiger partial charge in [0.25, 0.3) is 0 Å². The Morgan fingerprint density at radius 2 is 1.83 bits per heavy atom. The van der Waals surface area contributed by atoms with Crippen molar-refractivity contribution in [1.29, 1.82) is 0 Å². The van der Waals surface area contributed by atoms with Gasteiger partial charge in [0.1, 0.15) is 0 Å². The van der Waals surface area contributed by atoms with Crippen LogP contribution in [0.4, 0.5) is 5.69 Å². The van der Waals surface area contributed by atoms with Gasteiger partial charge in [-0.3, -0.25) is 14.4 Å². The highest BCUT2D eigenvalue weighted by atomic mass is 32.1. The lowest BCUT2D eigenvalue weighted by Crippen LogP contribution is -2.42. The summed E-state index contributed by atoms with van der Waals surface area (Å²) in [6, 6.07) is 13.4. The van der Waals surface area contributed by atoms with E-state index in [9.17, 15) is 14.4 Å². The Hall–Kier alpha value is -3.19. The SMILES string of the molecule is Cc1ccc(C=C2CCN(C(=O)C(=O)Nc3ccc4[nH]c(=O)sc4c3)CC2)cc1. The molecular weight excluding hydrogens is 386 g/mol. The highest BCUT2D eigenvalue weighted by Crippen LogP contribution is 2.21. The van der Waals surface area contributed by atoms with E-state index >= 15 is 0 Å². The number of aryl methyl sites for hydroxylation is 1. The molecule has 29 heavy (non-hydrogen) atoms. The van der Waals surface area contributed by atoms with Crippen molar-refractivity contribution < 1.29 is 9.59 Å². The predicted octanol–water partition coefficient (Wildman–Crippen LogP) is 3.54. The van der Waals surface area contributed by atoms with Crippen LogP contribution in [0.2, 0.25) is 0 Å². The van der Waals surface area contributed by atoms with Gasteiger partial charge in [-0.15, -0.1) is 0 Å². The van der Waals surface area contributed by atoms with Crippen LogP contribution in [0.15, 0.2) is 52.8 Å². The first-order valence-electron chi connectivity index (χ1n) is 9.47. The van der Waals surface area contributed by atoms with Crippen molar-refractivity contribution in [2.24, 2.45) is 0 Å². The van der Waals surface area contributed by atoms with E-state index in [-0.39, 0.29) is 4.87 Å². The number of H-pyrrole nitrogens is 1. The van der Waals surface area contributed by atoms with Crippen molar-refractivity contribution in [1.82, 2.24) is 9.88 Å². The number of likely N-dealkylation sites (tertiary alicyclic amines) is 1. The van der Waals surface area contributed by atoms with E-state index in [1.165, 1.54) is 11.1 Å². The summed E-state index contributed by atoms with van der Waals surface area (Å²) in [5, 5.41) is 2.64. The molecule has 1 saturated heterocycles. The molecular formula is C22H21N3O3S. The monoisotopic (exact) mass is 407 g/mol. The summed E-state index contributed by atoms with van der Waals surface area (Å²) in [7, 11) is 0. The Kier molecular flexibility index (Phi) is 5.31. The van der Waals surface area contributed by atoms with Crippen LogP contribution in [-0.2, 0) is 9.59 Å². The summed E-state index contributed by atoms with van der Waals surface area (Å²) in [5.74, 6) is -1.18. The van der Waals surface area contributed by atoms with Gasteiger partial charge in [-0.05, 0) is 43.5 Å². The molecule has 0 unspecified atom stereocenters. The number of piperidine rings is 1. The van der Waals surface area contributed by atoms with Crippen molar-refractivity contribution in [3.05, 3.63) is 68.8 Å². The molecule has 2 N–H and O–H groups in total. The number of rotatable bonds is 2. The van der Waals surface area contributed by atoms with Gasteiger partial charge in [-0.1, -0.05) is 52.8 Å². The first-order valence-corrected chi connectivity index (χ1v) is 10.3. The largest absolute Gasteiger partial charge is 0.334 e. The number of nitrogens with one attached hydrogen (secondary N) is 2. The van der Waals surface area contributed by atoms with E-state index in [0.717, 1.165) is 34.4 Å².